The van der Waals surface area contributed by atoms with Crippen LogP contribution < -0.4 is 0 Å². The van der Waals surface area contributed by atoms with Crippen molar-refractivity contribution in [3.05, 3.63) is 63.7 Å². The smallest absolute Gasteiger partial charge is 0.283 e. The molecule has 0 aliphatic carbocycles. The predicted molar refractivity (Wildman–Crippen MR) is 79.0 cm³/mol. The summed E-state index contributed by atoms with van der Waals surface area (Å²) < 4.78 is 0. The van der Waals surface area contributed by atoms with Crippen molar-refractivity contribution in [3.63, 3.8) is 0 Å². The van der Waals surface area contributed by atoms with Crippen LogP contribution in [-0.4, -0.2) is 10.0 Å². The van der Waals surface area contributed by atoms with Gasteiger partial charge in [0.05, 0.1) is 15.9 Å². The van der Waals surface area contributed by atoms with Gasteiger partial charge in [-0.1, -0.05) is 35.5 Å². The Morgan fingerprint density at radius 1 is 1.20 bits per heavy atom. The van der Waals surface area contributed by atoms with Crippen molar-refractivity contribution in [2.24, 2.45) is 0 Å². The monoisotopic (exact) mass is 289 g/mol. The molecule has 0 radical (unpaired) electrons. The van der Waals surface area contributed by atoms with Crippen molar-refractivity contribution in [1.29, 1.82) is 0 Å². The fraction of sp³-hybridized carbons (Fsp3) is 0.200. The predicted octanol–water partition coefficient (Wildman–Crippen LogP) is 4.11. The zero-order valence-corrected chi connectivity index (χ0v) is 12.1. The number of benzene rings is 2. The molecule has 0 heterocycles. The molecule has 4 nitrogen and oxygen atoms in total. The van der Waals surface area contributed by atoms with Crippen LogP contribution in [0.1, 0.15) is 24.2 Å². The molecule has 2 aromatic carbocycles. The lowest BCUT2D eigenvalue weighted by molar-refractivity contribution is -0.387. The molecule has 2 rings (SSSR count). The Morgan fingerprint density at radius 2 is 1.85 bits per heavy atom. The third-order valence-electron chi connectivity index (χ3n) is 2.91. The van der Waals surface area contributed by atoms with Crippen LogP contribution in [0.5, 0.6) is 0 Å². The summed E-state index contributed by atoms with van der Waals surface area (Å²) >= 11 is 1.35. The second-order valence-corrected chi connectivity index (χ2v) is 5.69. The average molecular weight is 289 g/mol. The number of aliphatic hydroxyl groups excluding tert-OH is 1. The van der Waals surface area contributed by atoms with E-state index in [4.69, 9.17) is 0 Å². The maximum atomic E-state index is 11.2. The second-order valence-electron chi connectivity index (χ2n) is 4.58. The molecule has 0 saturated carbocycles. The summed E-state index contributed by atoms with van der Waals surface area (Å²) in [7, 11) is 0. The van der Waals surface area contributed by atoms with Gasteiger partial charge >= 0.3 is 0 Å². The van der Waals surface area contributed by atoms with E-state index in [0.717, 1.165) is 10.5 Å². The lowest BCUT2D eigenvalue weighted by Gasteiger charge is -2.08. The van der Waals surface area contributed by atoms with Crippen LogP contribution in [0.4, 0.5) is 5.69 Å². The minimum absolute atomic E-state index is 0.0222. The molecule has 0 aromatic heterocycles. The molecule has 20 heavy (non-hydrogen) atoms. The SMILES string of the molecule is Cc1ccc(Sc2ccc(C(C)O)cc2[N+](=O)[O-])cc1. The van der Waals surface area contributed by atoms with Crippen molar-refractivity contribution in [1.82, 2.24) is 0 Å². The van der Waals surface area contributed by atoms with Crippen LogP contribution in [0.3, 0.4) is 0 Å². The number of hydrogen-bond donors (Lipinski definition) is 1. The van der Waals surface area contributed by atoms with Gasteiger partial charge in [0.1, 0.15) is 0 Å². The average Bonchev–Trinajstić information content (AvgIpc) is 2.41. The maximum absolute atomic E-state index is 11.2. The number of aryl methyl sites for hydroxylation is 1. The lowest BCUT2D eigenvalue weighted by Crippen LogP contribution is -1.96. The quantitative estimate of drug-likeness (QED) is 0.679. The van der Waals surface area contributed by atoms with E-state index in [1.807, 2.05) is 31.2 Å². The molecule has 1 unspecified atom stereocenters. The first kappa shape index (κ1) is 14.6. The molecule has 0 spiro atoms. The summed E-state index contributed by atoms with van der Waals surface area (Å²) in [5.41, 5.74) is 1.72. The van der Waals surface area contributed by atoms with Gasteiger partial charge in [-0.25, -0.2) is 0 Å². The number of nitro groups is 1. The second kappa shape index (κ2) is 6.07. The molecule has 0 saturated heterocycles. The Hall–Kier alpha value is -1.85. The minimum atomic E-state index is -0.716. The zero-order valence-electron chi connectivity index (χ0n) is 11.2. The van der Waals surface area contributed by atoms with Gasteiger partial charge in [-0.3, -0.25) is 10.1 Å². The molecule has 1 atom stereocenters. The highest BCUT2D eigenvalue weighted by molar-refractivity contribution is 7.99. The van der Waals surface area contributed by atoms with Crippen molar-refractivity contribution >= 4 is 17.4 Å². The van der Waals surface area contributed by atoms with Gasteiger partial charge in [-0.15, -0.1) is 0 Å². The van der Waals surface area contributed by atoms with Gasteiger partial charge in [0.15, 0.2) is 0 Å². The van der Waals surface area contributed by atoms with E-state index < -0.39 is 11.0 Å². The van der Waals surface area contributed by atoms with Crippen molar-refractivity contribution in [2.75, 3.05) is 0 Å². The van der Waals surface area contributed by atoms with Gasteiger partial charge in [0, 0.05) is 11.0 Å². The molecular weight excluding hydrogens is 274 g/mol. The number of nitrogens with zero attached hydrogens (tertiary/aromatic N) is 1. The van der Waals surface area contributed by atoms with Crippen LogP contribution >= 0.6 is 11.8 Å². The Bertz CT molecular complexity index is 624. The normalized spacial score (nSPS) is 12.2. The summed E-state index contributed by atoms with van der Waals surface area (Å²) in [6.07, 6.45) is -0.716. The van der Waals surface area contributed by atoms with Crippen LogP contribution in [-0.2, 0) is 0 Å². The molecule has 0 fully saturated rings. The molecule has 104 valence electrons. The summed E-state index contributed by atoms with van der Waals surface area (Å²) in [5.74, 6) is 0. The summed E-state index contributed by atoms with van der Waals surface area (Å²) in [6, 6.07) is 12.6. The Labute approximate surface area is 121 Å². The van der Waals surface area contributed by atoms with Gasteiger partial charge in [0.2, 0.25) is 0 Å². The highest BCUT2D eigenvalue weighted by Crippen LogP contribution is 2.36. The molecule has 0 aliphatic heterocycles. The Balaban J connectivity index is 2.35. The number of hydrogen-bond acceptors (Lipinski definition) is 4. The fourth-order valence-corrected chi connectivity index (χ4v) is 2.66. The zero-order chi connectivity index (χ0) is 14.7. The number of aliphatic hydroxyl groups is 1. The van der Waals surface area contributed by atoms with Crippen LogP contribution in [0.25, 0.3) is 0 Å². The summed E-state index contributed by atoms with van der Waals surface area (Å²) in [4.78, 5) is 12.3. The minimum Gasteiger partial charge on any atom is -0.389 e. The van der Waals surface area contributed by atoms with E-state index in [0.29, 0.717) is 10.5 Å². The van der Waals surface area contributed by atoms with E-state index in [2.05, 4.69) is 0 Å². The lowest BCUT2D eigenvalue weighted by atomic mass is 10.1. The van der Waals surface area contributed by atoms with Gasteiger partial charge in [0.25, 0.3) is 5.69 Å². The first-order valence-corrected chi connectivity index (χ1v) is 7.00. The summed E-state index contributed by atoms with van der Waals surface area (Å²) in [6.45, 7) is 3.58. The Morgan fingerprint density at radius 3 is 2.40 bits per heavy atom. The molecular formula is C15H15NO3S. The molecule has 5 heteroatoms. The highest BCUT2D eigenvalue weighted by Gasteiger charge is 2.17. The third kappa shape index (κ3) is 3.37. The number of nitro benzene ring substituents is 1. The van der Waals surface area contributed by atoms with Crippen molar-refractivity contribution in [2.45, 2.75) is 29.7 Å². The van der Waals surface area contributed by atoms with Crippen LogP contribution in [0.15, 0.2) is 52.3 Å². The van der Waals surface area contributed by atoms with Crippen LogP contribution in [0.2, 0.25) is 0 Å². The first-order chi connectivity index (χ1) is 9.47. The first-order valence-electron chi connectivity index (χ1n) is 6.18. The topological polar surface area (TPSA) is 63.4 Å². The standard InChI is InChI=1S/C15H15NO3S/c1-10-3-6-13(7-4-10)20-15-8-5-12(11(2)17)9-14(15)16(18)19/h3-9,11,17H,1-2H3. The third-order valence-corrected chi connectivity index (χ3v) is 3.98. The van der Waals surface area contributed by atoms with E-state index in [1.165, 1.54) is 17.8 Å². The highest BCUT2D eigenvalue weighted by atomic mass is 32.2. The molecule has 1 N–H and O–H groups in total. The van der Waals surface area contributed by atoms with E-state index >= 15 is 0 Å². The Kier molecular flexibility index (Phi) is 4.42. The molecule has 2 aromatic rings. The van der Waals surface area contributed by atoms with Crippen molar-refractivity contribution in [3.8, 4) is 0 Å². The van der Waals surface area contributed by atoms with E-state index in [9.17, 15) is 15.2 Å². The van der Waals surface area contributed by atoms with Crippen LogP contribution in [0, 0.1) is 17.0 Å². The van der Waals surface area contributed by atoms with E-state index in [1.54, 1.807) is 19.1 Å². The molecule has 0 amide bonds. The van der Waals surface area contributed by atoms with Crippen molar-refractivity contribution < 1.29 is 10.0 Å². The fourth-order valence-electron chi connectivity index (χ4n) is 1.76. The molecule has 0 bridgehead atoms. The van der Waals surface area contributed by atoms with Gasteiger partial charge in [-0.05, 0) is 37.6 Å². The largest absolute Gasteiger partial charge is 0.389 e. The van der Waals surface area contributed by atoms with Gasteiger partial charge < -0.3 is 5.11 Å². The van der Waals surface area contributed by atoms with E-state index in [-0.39, 0.29) is 5.69 Å². The maximum Gasteiger partial charge on any atom is 0.283 e. The number of rotatable bonds is 4. The van der Waals surface area contributed by atoms with Gasteiger partial charge in [-0.2, -0.15) is 0 Å². The summed E-state index contributed by atoms with van der Waals surface area (Å²) in [5, 5.41) is 20.7. The molecule has 0 aliphatic rings.